The number of carbonyl (C=O) groups is 2. The zero-order valence-electron chi connectivity index (χ0n) is 13.3. The quantitative estimate of drug-likeness (QED) is 0.794. The average Bonchev–Trinajstić information content (AvgIpc) is 2.79. The van der Waals surface area contributed by atoms with Crippen molar-refractivity contribution in [1.29, 1.82) is 0 Å². The van der Waals surface area contributed by atoms with Gasteiger partial charge in [0.25, 0.3) is 11.7 Å². The molecule has 0 aromatic heterocycles. The molecule has 0 aliphatic carbocycles. The monoisotopic (exact) mass is 309 g/mol. The van der Waals surface area contributed by atoms with Gasteiger partial charge in [-0.25, -0.2) is 0 Å². The molecular weight excluding hydrogens is 290 g/mol. The molecule has 0 saturated heterocycles. The van der Waals surface area contributed by atoms with E-state index in [2.05, 4.69) is 6.92 Å². The normalized spacial score (nSPS) is 13.4. The number of carbonyl (C=O) groups excluding carboxylic acids is 2. The van der Waals surface area contributed by atoms with E-state index in [-0.39, 0.29) is 0 Å². The number of benzene rings is 2. The predicted octanol–water partition coefficient (Wildman–Crippen LogP) is 3.51. The van der Waals surface area contributed by atoms with E-state index in [1.54, 1.807) is 11.0 Å². The first kappa shape index (κ1) is 15.3. The first-order valence-corrected chi connectivity index (χ1v) is 7.78. The molecule has 0 bridgehead atoms. The summed E-state index contributed by atoms with van der Waals surface area (Å²) >= 11 is 0. The smallest absolute Gasteiger partial charge is 0.299 e. The van der Waals surface area contributed by atoms with Crippen LogP contribution in [-0.2, 0) is 11.3 Å². The van der Waals surface area contributed by atoms with E-state index in [1.165, 1.54) is 0 Å². The molecule has 0 saturated carbocycles. The Labute approximate surface area is 135 Å². The van der Waals surface area contributed by atoms with Gasteiger partial charge in [-0.2, -0.15) is 0 Å². The Morgan fingerprint density at radius 1 is 1.04 bits per heavy atom. The van der Waals surface area contributed by atoms with Crippen LogP contribution < -0.4 is 9.64 Å². The zero-order valence-corrected chi connectivity index (χ0v) is 13.3. The molecule has 1 amide bonds. The molecule has 1 aliphatic rings. The highest BCUT2D eigenvalue weighted by atomic mass is 16.5. The number of nitrogens with zero attached hydrogens (tertiary/aromatic N) is 1. The van der Waals surface area contributed by atoms with Crippen molar-refractivity contribution in [2.75, 3.05) is 11.5 Å². The van der Waals surface area contributed by atoms with E-state index in [1.807, 2.05) is 43.3 Å². The SMILES string of the molecule is CCCOc1ccc(CN2C(=O)C(=O)c3cc(C)ccc32)cc1. The van der Waals surface area contributed by atoms with Crippen LogP contribution in [0.1, 0.15) is 34.8 Å². The fourth-order valence-electron chi connectivity index (χ4n) is 2.66. The number of aryl methyl sites for hydroxylation is 1. The first-order chi connectivity index (χ1) is 11.1. The lowest BCUT2D eigenvalue weighted by Gasteiger charge is -2.17. The molecule has 0 radical (unpaired) electrons. The van der Waals surface area contributed by atoms with Crippen molar-refractivity contribution in [2.24, 2.45) is 0 Å². The maximum Gasteiger partial charge on any atom is 0.299 e. The van der Waals surface area contributed by atoms with Crippen LogP contribution in [0, 0.1) is 6.92 Å². The van der Waals surface area contributed by atoms with Crippen molar-refractivity contribution < 1.29 is 14.3 Å². The number of Topliss-reactive ketones (excluding diaryl/α,β-unsaturated/α-hetero) is 1. The Balaban J connectivity index is 1.81. The van der Waals surface area contributed by atoms with Crippen molar-refractivity contribution in [3.8, 4) is 5.75 Å². The van der Waals surface area contributed by atoms with Crippen LogP contribution in [0.3, 0.4) is 0 Å². The third kappa shape index (κ3) is 2.97. The van der Waals surface area contributed by atoms with Gasteiger partial charge in [-0.1, -0.05) is 30.7 Å². The highest BCUT2D eigenvalue weighted by Crippen LogP contribution is 2.31. The molecule has 2 aromatic rings. The van der Waals surface area contributed by atoms with Crippen molar-refractivity contribution in [2.45, 2.75) is 26.8 Å². The summed E-state index contributed by atoms with van der Waals surface area (Å²) in [5.74, 6) is -0.0704. The van der Waals surface area contributed by atoms with Gasteiger partial charge in [0.05, 0.1) is 24.4 Å². The summed E-state index contributed by atoms with van der Waals surface area (Å²) in [5, 5.41) is 0. The van der Waals surface area contributed by atoms with E-state index in [4.69, 9.17) is 4.74 Å². The number of hydrogen-bond acceptors (Lipinski definition) is 3. The van der Waals surface area contributed by atoms with Gasteiger partial charge in [-0.3, -0.25) is 9.59 Å². The third-order valence-electron chi connectivity index (χ3n) is 3.86. The molecule has 2 aromatic carbocycles. The molecule has 23 heavy (non-hydrogen) atoms. The highest BCUT2D eigenvalue weighted by Gasteiger charge is 2.35. The summed E-state index contributed by atoms with van der Waals surface area (Å²) in [7, 11) is 0. The van der Waals surface area contributed by atoms with Gasteiger partial charge in [0.15, 0.2) is 0 Å². The number of ether oxygens (including phenoxy) is 1. The van der Waals surface area contributed by atoms with Gasteiger partial charge in [0, 0.05) is 0 Å². The zero-order chi connectivity index (χ0) is 16.4. The van der Waals surface area contributed by atoms with Gasteiger partial charge >= 0.3 is 0 Å². The van der Waals surface area contributed by atoms with Crippen LogP contribution in [0.4, 0.5) is 5.69 Å². The van der Waals surface area contributed by atoms with Crippen molar-refractivity contribution >= 4 is 17.4 Å². The Kier molecular flexibility index (Phi) is 4.15. The maximum atomic E-state index is 12.2. The summed E-state index contributed by atoms with van der Waals surface area (Å²) in [4.78, 5) is 25.9. The minimum atomic E-state index is -0.461. The Bertz CT molecular complexity index is 750. The van der Waals surface area contributed by atoms with E-state index < -0.39 is 11.7 Å². The summed E-state index contributed by atoms with van der Waals surface area (Å²) in [6, 6.07) is 13.2. The van der Waals surface area contributed by atoms with Crippen LogP contribution in [0.2, 0.25) is 0 Å². The average molecular weight is 309 g/mol. The van der Waals surface area contributed by atoms with Crippen molar-refractivity contribution in [1.82, 2.24) is 0 Å². The molecule has 3 rings (SSSR count). The number of ketones is 1. The van der Waals surface area contributed by atoms with Crippen LogP contribution in [0.5, 0.6) is 5.75 Å². The van der Waals surface area contributed by atoms with Crippen LogP contribution in [0.25, 0.3) is 0 Å². The first-order valence-electron chi connectivity index (χ1n) is 7.78. The van der Waals surface area contributed by atoms with Crippen LogP contribution >= 0.6 is 0 Å². The fourth-order valence-corrected chi connectivity index (χ4v) is 2.66. The van der Waals surface area contributed by atoms with E-state index >= 15 is 0 Å². The second-order valence-corrected chi connectivity index (χ2v) is 5.73. The van der Waals surface area contributed by atoms with E-state index in [0.29, 0.717) is 24.4 Å². The van der Waals surface area contributed by atoms with Gasteiger partial charge in [0.1, 0.15) is 5.75 Å². The molecule has 118 valence electrons. The molecule has 0 atom stereocenters. The summed E-state index contributed by atoms with van der Waals surface area (Å²) in [6.07, 6.45) is 0.961. The summed E-state index contributed by atoms with van der Waals surface area (Å²) in [5.41, 5.74) is 3.13. The number of fused-ring (bicyclic) bond motifs is 1. The Morgan fingerprint density at radius 3 is 2.48 bits per heavy atom. The molecule has 1 heterocycles. The minimum absolute atomic E-state index is 0.384. The minimum Gasteiger partial charge on any atom is -0.494 e. The number of amides is 1. The summed E-state index contributed by atoms with van der Waals surface area (Å²) in [6.45, 7) is 5.04. The molecule has 4 nitrogen and oxygen atoms in total. The van der Waals surface area contributed by atoms with E-state index in [9.17, 15) is 9.59 Å². The van der Waals surface area contributed by atoms with Gasteiger partial charge < -0.3 is 9.64 Å². The topological polar surface area (TPSA) is 46.6 Å². The van der Waals surface area contributed by atoms with E-state index in [0.717, 1.165) is 23.3 Å². The number of anilines is 1. The standard InChI is InChI=1S/C19H19NO3/c1-3-10-23-15-7-5-14(6-8-15)12-20-17-9-4-13(2)11-16(17)18(21)19(20)22/h4-9,11H,3,10,12H2,1-2H3. The second-order valence-electron chi connectivity index (χ2n) is 5.73. The lowest BCUT2D eigenvalue weighted by Crippen LogP contribution is -2.29. The second kappa shape index (κ2) is 6.24. The number of rotatable bonds is 5. The number of hydrogen-bond donors (Lipinski definition) is 0. The molecule has 0 unspecified atom stereocenters. The predicted molar refractivity (Wildman–Crippen MR) is 88.9 cm³/mol. The van der Waals surface area contributed by atoms with Crippen LogP contribution in [0.15, 0.2) is 42.5 Å². The Morgan fingerprint density at radius 2 is 1.78 bits per heavy atom. The molecule has 4 heteroatoms. The molecule has 1 aliphatic heterocycles. The lowest BCUT2D eigenvalue weighted by atomic mass is 10.1. The lowest BCUT2D eigenvalue weighted by molar-refractivity contribution is -0.114. The highest BCUT2D eigenvalue weighted by molar-refractivity contribution is 6.52. The van der Waals surface area contributed by atoms with Gasteiger partial charge in [-0.05, 0) is 43.2 Å². The maximum absolute atomic E-state index is 12.2. The van der Waals surface area contributed by atoms with Crippen molar-refractivity contribution in [3.63, 3.8) is 0 Å². The molecule has 0 fully saturated rings. The van der Waals surface area contributed by atoms with Gasteiger partial charge in [0.2, 0.25) is 0 Å². The fraction of sp³-hybridized carbons (Fsp3) is 0.263. The molecule has 0 spiro atoms. The Hall–Kier alpha value is -2.62. The van der Waals surface area contributed by atoms with Crippen LogP contribution in [-0.4, -0.2) is 18.3 Å². The third-order valence-corrected chi connectivity index (χ3v) is 3.86. The molecule has 0 N–H and O–H groups in total. The molecular formula is C19H19NO3. The van der Waals surface area contributed by atoms with Gasteiger partial charge in [-0.15, -0.1) is 0 Å². The summed E-state index contributed by atoms with van der Waals surface area (Å²) < 4.78 is 5.55. The largest absolute Gasteiger partial charge is 0.494 e. The van der Waals surface area contributed by atoms with Crippen molar-refractivity contribution in [3.05, 3.63) is 59.2 Å².